The van der Waals surface area contributed by atoms with Gasteiger partial charge in [0.25, 0.3) is 11.8 Å². The maximum atomic E-state index is 9.72. The first-order valence-corrected chi connectivity index (χ1v) is 27.9. The molecule has 0 spiro atoms. The molecule has 3 aromatic carbocycles. The lowest BCUT2D eigenvalue weighted by Gasteiger charge is -2.12. The molecule has 3 aliphatic rings. The highest BCUT2D eigenvalue weighted by atomic mass is 79.9. The van der Waals surface area contributed by atoms with Gasteiger partial charge in [0.15, 0.2) is 35.4 Å². The number of phenols is 1. The molecule has 0 saturated carbocycles. The maximum absolute atomic E-state index is 9.72. The Bertz CT molecular complexity index is 4500. The van der Waals surface area contributed by atoms with E-state index in [-0.39, 0.29) is 84.6 Å². The Kier molecular flexibility index (Phi) is 10.5. The molecule has 0 saturated heterocycles. The fraction of sp³-hybridized carbons (Fsp3) is 0.131. The molecule has 9 heterocycles. The summed E-state index contributed by atoms with van der Waals surface area (Å²) in [7, 11) is 0.392. The molecule has 8 N–H and O–H groups in total. The number of nitrogens with zero attached hydrogens (tertiary/aromatic N) is 11. The lowest BCUT2D eigenvalue weighted by atomic mass is 9.80. The number of aromatic nitrogens is 6. The fourth-order valence-corrected chi connectivity index (χ4v) is 8.02. The predicted molar refractivity (Wildman–Crippen MR) is 482 cm³/mol. The molecule has 0 radical (unpaired) electrons. The number of rotatable bonds is 10. The molecule has 9 aromatic rings. The van der Waals surface area contributed by atoms with Crippen LogP contribution in [-0.2, 0) is 43.3 Å². The van der Waals surface area contributed by atoms with Crippen LogP contribution in [0.25, 0.3) is 24.2 Å². The lowest BCUT2D eigenvalue weighted by Crippen LogP contribution is -2.27. The Morgan fingerprint density at radius 3 is 1.35 bits per heavy atom. The lowest BCUT2D eigenvalue weighted by molar-refractivity contribution is 0.0491. The van der Waals surface area contributed by atoms with Crippen molar-refractivity contribution in [1.82, 2.24) is 29.9 Å². The molecule has 0 unspecified atom stereocenters. The molecule has 28 nitrogen and oxygen atoms in total. The average Bonchev–Trinajstić information content (AvgIpc) is 1.67. The molecule has 12 rings (SSSR count). The summed E-state index contributed by atoms with van der Waals surface area (Å²) in [5, 5.41) is 73.7. The van der Waals surface area contributed by atoms with E-state index >= 15 is 0 Å². The fourth-order valence-electron chi connectivity index (χ4n) is 7.40. The summed E-state index contributed by atoms with van der Waals surface area (Å²) in [5.41, 5.74) is 6.32. The first-order chi connectivity index (χ1) is 106. The van der Waals surface area contributed by atoms with E-state index in [1.165, 1.54) is 94.0 Å². The van der Waals surface area contributed by atoms with Crippen molar-refractivity contribution in [2.75, 3.05) is 27.8 Å². The number of benzene rings is 3. The highest BCUT2D eigenvalue weighted by Gasteiger charge is 2.29. The van der Waals surface area contributed by atoms with Gasteiger partial charge in [0.1, 0.15) is 40.2 Å². The van der Waals surface area contributed by atoms with E-state index in [1.807, 2.05) is 0 Å². The van der Waals surface area contributed by atoms with Crippen LogP contribution in [-0.4, -0.2) is 120 Å². The van der Waals surface area contributed by atoms with Crippen LogP contribution in [0.2, 0.25) is 10.3 Å². The van der Waals surface area contributed by atoms with Crippen molar-refractivity contribution in [1.29, 1.82) is 0 Å². The molecule has 606 valence electrons. The molecule has 0 fully saturated rings. The highest BCUT2D eigenvalue weighted by molar-refractivity contribution is 9.10. The molecule has 34 heteroatoms. The Morgan fingerprint density at radius 1 is 0.484 bits per heavy atom. The summed E-state index contributed by atoms with van der Waals surface area (Å²) in [6.07, 6.45) is 11.1. The van der Waals surface area contributed by atoms with Crippen molar-refractivity contribution >= 4 is 105 Å². The number of hydrogen-bond acceptors (Lipinski definition) is 23. The van der Waals surface area contributed by atoms with Gasteiger partial charge < -0.3 is 83.0 Å². The van der Waals surface area contributed by atoms with Gasteiger partial charge in [-0.15, -0.1) is 0 Å². The zero-order valence-electron chi connectivity index (χ0n) is 171. The summed E-state index contributed by atoms with van der Waals surface area (Å²) < 4.78 is 657. The average molecular weight is 1640 g/mol. The summed E-state index contributed by atoms with van der Waals surface area (Å²) in [5.74, 6) is 2.00. The van der Waals surface area contributed by atoms with Crippen LogP contribution >= 0.6 is 39.1 Å². The van der Waals surface area contributed by atoms with Gasteiger partial charge in [-0.05, 0) is 122 Å². The van der Waals surface area contributed by atoms with Crippen LogP contribution in [0.3, 0.4) is 0 Å². The van der Waals surface area contributed by atoms with Crippen LogP contribution in [0.1, 0.15) is 207 Å². The molecule has 0 bridgehead atoms. The zero-order chi connectivity index (χ0) is 190. The van der Waals surface area contributed by atoms with E-state index < -0.39 is 21.4 Å². The van der Waals surface area contributed by atoms with Crippen LogP contribution in [0.4, 0.5) is 28.4 Å². The standard InChI is InChI=1S/C15H13BN2O5.C13H9BN2O4.C8H7ClN2O2.C7H7BO3.C6H3ClN2O.C6H4N2O.C5H4BrNO.CH4.62H2/c1-17-11-6-14(21-9-20-2)15(18-7-11)23-12-3-4-13-10(5-12)8-22-16(13)19;1-15-9-5-12(17)13(16-6-9)20-10-2-3-11-8(4-10)7-19-14(11)18;1-10-6-3-7(13-5-12-2)8(9)11-4-6;9-6-1-2-7-5(3-6)4-11-8(7)10;1-8-4-2-5(10)6(7)9-3-4;1-7-5-2-6(9)4-8-3-5;6-4-1-5(8)3-7-2-4;;;;;;;;;;;;;;;;;;;;;;;;;;;;;;;;;;;;;;;;;;;;;;;;;;;;;;;;;;;;;;;/h3-7,19H,8-9H2,2H3;2-6,17-18H,7H2;3-4H,5H2,2H3;1-3,9-10H,4H2;2-3,10H;2-4,9H;1-3,8H;1H4;62*1H/i;;;;;;;;61*1+1D;1+1. The van der Waals surface area contributed by atoms with Gasteiger partial charge in [0.05, 0.1) is 65.1 Å². The van der Waals surface area contributed by atoms with Crippen LogP contribution in [0, 0.1) is 32.9 Å². The summed E-state index contributed by atoms with van der Waals surface area (Å²) in [6, 6.07) is 23.7. The first kappa shape index (κ1) is 26.2. The van der Waals surface area contributed by atoms with Gasteiger partial charge in [0.2, 0.25) is 28.4 Å². The van der Waals surface area contributed by atoms with Gasteiger partial charge in [0, 0.05) is 238 Å². The van der Waals surface area contributed by atoms with Crippen molar-refractivity contribution in [3.63, 3.8) is 0 Å². The SMILES string of the molecule is C.OB1OCc2cc(O)ccc21.Oc1cncc(Br)c1.[2HH].[2H][2H].[2H][2H].[2H][2H].[2H][2H].[2H][2H].[2H][2H].[2H][2H].[2H][2H].[2H][2H].[2H][2H].[2H][2H].[2H][2H].[2H][2H].[2H][2H].[2H][2H].[2H][2H].[2H][2H].[2H][2H].[2H][2H].[2H][2H].[2H][2H].[2H][2H].[2H][2H].[2H][2H].[2H][2H].[2H][2H].[2H][2H].[2H][2H].[2H][2H].[2H][2H].[2H][2H].[2H][2H].[2H][2H].[2H][2H].[2H][2H].[2H][2H].[2H][2H].[2H][2H].[2H][2H].[2H][2H].[2H][2H].[2H][2H].[2H][2H].[2H][2H].[2H][2H].[2H][2H].[2H][2H].[2H][2H].[2H][2H].[2H][2H].[2H][2H].[2H][2H].[2H][2H].[2H][2H].[2H][2H].[2H][2H].[2H][2H].[2H][2H].[2H][2H].[2H][2H].[2H][2H].[C-]#[N+]c1cnc(Cl)c(O)c1.[C-]#[N+]c1cnc(Cl)c(OCOC)c1.[C-]#[N+]c1cnc(Oc2ccc3c(c2)COB3O)c(O)c1.[C-]#[N+]c1cnc(Oc2ccc3c(c2)COB3O)c(OCOC)c1.[C-]#[N+]c1cncc(O)c1. The second-order valence-corrected chi connectivity index (χ2v) is 19.9. The minimum Gasteiger partial charge on any atom is -0.508 e. The van der Waals surface area contributed by atoms with E-state index in [0.29, 0.717) is 65.3 Å². The summed E-state index contributed by atoms with van der Waals surface area (Å²) in [4.78, 5) is 38.4. The molecule has 0 aliphatic carbocycles. The van der Waals surface area contributed by atoms with Gasteiger partial charge in [-0.1, -0.05) is 48.8 Å². The number of halogens is 3. The molecule has 3 aliphatic heterocycles. The number of hydrogen-bond donors (Lipinski definition) is 8. The number of aromatic hydroxyl groups is 5. The maximum Gasteiger partial charge on any atom is 0.491 e. The van der Waals surface area contributed by atoms with Crippen molar-refractivity contribution in [2.24, 2.45) is 0 Å². The third-order valence-corrected chi connectivity index (χ3v) is 12.7. The largest absolute Gasteiger partial charge is 0.508 e. The molecule has 95 heavy (non-hydrogen) atoms. The Morgan fingerprint density at radius 2 is 0.895 bits per heavy atom. The van der Waals surface area contributed by atoms with Crippen molar-refractivity contribution in [2.45, 2.75) is 27.2 Å². The van der Waals surface area contributed by atoms with Crippen molar-refractivity contribution in [3.8, 4) is 63.5 Å². The Hall–Kier alpha value is -10.9. The van der Waals surface area contributed by atoms with E-state index in [2.05, 4.69) is 74.8 Å². The van der Waals surface area contributed by atoms with Crippen LogP contribution < -0.4 is 35.3 Å². The topological polar surface area (TPSA) is 344 Å². The number of pyridine rings is 6. The van der Waals surface area contributed by atoms with E-state index in [0.717, 1.165) is 32.1 Å². The highest BCUT2D eigenvalue weighted by Crippen LogP contribution is 2.35. The van der Waals surface area contributed by atoms with Gasteiger partial charge >= 0.3 is 21.4 Å². The minimum atomic E-state index is -0.900. The predicted octanol–water partition coefficient (Wildman–Crippen LogP) is 25.6. The third-order valence-electron chi connectivity index (χ3n) is 11.7. The summed E-state index contributed by atoms with van der Waals surface area (Å²) in [6.45, 7) is 34.8. The zero-order valence-corrected chi connectivity index (χ0v) is 51.9. The summed E-state index contributed by atoms with van der Waals surface area (Å²) >= 11 is 14.2. The van der Waals surface area contributed by atoms with Gasteiger partial charge in [-0.25, -0.2) is 34.2 Å². The smallest absolute Gasteiger partial charge is 0.491 e. The van der Waals surface area contributed by atoms with E-state index in [9.17, 15) is 15.2 Å². The second-order valence-electron chi connectivity index (χ2n) is 18.2. The van der Waals surface area contributed by atoms with Crippen LogP contribution in [0.5, 0.6) is 63.5 Å². The minimum absolute atomic E-state index is 0. The number of ether oxygens (including phenoxy) is 6. The normalized spacial score (nSPS) is 16.4. The van der Waals surface area contributed by atoms with E-state index in [1.54, 1.807) is 60.8 Å². The molecule has 0 amide bonds. The van der Waals surface area contributed by atoms with Gasteiger partial charge in [-0.3, -0.25) is 19.9 Å². The number of fused-ring (bicyclic) bond motifs is 3. The first-order valence-electron chi connectivity index (χ1n) is 87.3. The quantitative estimate of drug-likeness (QED) is 0.0273. The van der Waals surface area contributed by atoms with Crippen LogP contribution in [0.15, 0.2) is 145 Å². The van der Waals surface area contributed by atoms with Crippen molar-refractivity contribution < 1.29 is 266 Å². The monoisotopic (exact) mass is 1640 g/mol. The third kappa shape index (κ3) is 23.3. The molecule has 0 atom stereocenters. The second kappa shape index (κ2) is 38.2. The number of methoxy groups -OCH3 is 2. The van der Waals surface area contributed by atoms with Crippen molar-refractivity contribution in [3.05, 3.63) is 229 Å². The molecular weight excluding hydrogens is 1340 g/mol. The molecular formula is C61H175B3BrCl2N11O17. The van der Waals surface area contributed by atoms with Gasteiger partial charge in [-0.2, -0.15) is 0 Å². The number of phenolic OH excluding ortho intramolecular Hbond substituents is 1. The molecule has 6 aromatic heterocycles. The Balaban J connectivity index is -0.0000000221. The Labute approximate surface area is 752 Å². The van der Waals surface area contributed by atoms with E-state index in [4.69, 9.17) is 300 Å².